The number of nitrogens with one attached hydrogen (secondary N) is 1. The zero-order chi connectivity index (χ0) is 9.80. The molecule has 2 rings (SSSR count). The van der Waals surface area contributed by atoms with Gasteiger partial charge in [-0.05, 0) is 19.2 Å². The van der Waals surface area contributed by atoms with Crippen molar-refractivity contribution >= 4 is 0 Å². The fourth-order valence-electron chi connectivity index (χ4n) is 1.21. The second-order valence-corrected chi connectivity index (χ2v) is 2.92. The molecule has 0 spiro atoms. The Morgan fingerprint density at radius 3 is 3.07 bits per heavy atom. The van der Waals surface area contributed by atoms with Gasteiger partial charge in [-0.25, -0.2) is 0 Å². The van der Waals surface area contributed by atoms with Crippen LogP contribution in [0.3, 0.4) is 0 Å². The maximum atomic E-state index is 5.11. The highest BCUT2D eigenvalue weighted by Crippen LogP contribution is 2.15. The summed E-state index contributed by atoms with van der Waals surface area (Å²) in [6, 6.07) is 7.59. The van der Waals surface area contributed by atoms with Crippen LogP contribution in [0.25, 0.3) is 11.4 Å². The maximum absolute atomic E-state index is 5.11. The Morgan fingerprint density at radius 2 is 2.36 bits per heavy atom. The third-order valence-electron chi connectivity index (χ3n) is 1.84. The van der Waals surface area contributed by atoms with E-state index in [9.17, 15) is 0 Å². The summed E-state index contributed by atoms with van der Waals surface area (Å²) in [4.78, 5) is 4.18. The Labute approximate surface area is 83.4 Å². The first-order valence-electron chi connectivity index (χ1n) is 4.42. The quantitative estimate of drug-likeness (QED) is 0.802. The fraction of sp³-hybridized carbons (Fsp3) is 0.200. The number of hydrogen-bond acceptors (Lipinski definition) is 4. The highest BCUT2D eigenvalue weighted by Gasteiger charge is 2.05. The molecule has 1 N–H and O–H groups in total. The van der Waals surface area contributed by atoms with Gasteiger partial charge >= 0.3 is 0 Å². The largest absolute Gasteiger partial charge is 0.359 e. The predicted octanol–water partition coefficient (Wildman–Crippen LogP) is 1.70. The van der Waals surface area contributed by atoms with Crippen LogP contribution in [-0.4, -0.2) is 17.2 Å². The molecular weight excluding hydrogens is 178 g/mol. The van der Waals surface area contributed by atoms with E-state index in [0.29, 0.717) is 6.54 Å². The second-order valence-electron chi connectivity index (χ2n) is 2.92. The topological polar surface area (TPSA) is 51.0 Å². The molecule has 0 amide bonds. The Balaban J connectivity index is 0.00000112. The molecule has 0 atom stereocenters. The van der Waals surface area contributed by atoms with Gasteiger partial charge in [-0.3, -0.25) is 4.98 Å². The maximum Gasteiger partial charge on any atom is 0.151 e. The molecule has 0 unspecified atom stereocenters. The van der Waals surface area contributed by atoms with E-state index in [-0.39, 0.29) is 1.43 Å². The van der Waals surface area contributed by atoms with Crippen molar-refractivity contribution in [3.8, 4) is 11.4 Å². The van der Waals surface area contributed by atoms with Crippen molar-refractivity contribution in [2.75, 3.05) is 7.05 Å². The average Bonchev–Trinajstić information content (AvgIpc) is 2.68. The third kappa shape index (κ3) is 1.80. The molecule has 0 aliphatic carbocycles. The van der Waals surface area contributed by atoms with Crippen LogP contribution in [0.5, 0.6) is 0 Å². The standard InChI is InChI=1S/C10H11N3O.H2/c1-11-7-8-6-10(13-14-8)9-4-2-3-5-12-9;/h2-6,11H,7H2,1H3;1H. The van der Waals surface area contributed by atoms with Crippen LogP contribution in [0.4, 0.5) is 0 Å². The normalized spacial score (nSPS) is 10.4. The Kier molecular flexibility index (Phi) is 2.55. The molecule has 2 aromatic heterocycles. The van der Waals surface area contributed by atoms with Crippen LogP contribution in [0.2, 0.25) is 0 Å². The Bertz CT molecular complexity index is 402. The van der Waals surface area contributed by atoms with Gasteiger partial charge in [0.15, 0.2) is 5.76 Å². The van der Waals surface area contributed by atoms with Crippen molar-refractivity contribution in [2.24, 2.45) is 0 Å². The molecule has 2 heterocycles. The monoisotopic (exact) mass is 191 g/mol. The minimum atomic E-state index is 0. The highest BCUT2D eigenvalue weighted by atomic mass is 16.5. The van der Waals surface area contributed by atoms with Gasteiger partial charge in [0.1, 0.15) is 5.69 Å². The molecule has 4 nitrogen and oxygen atoms in total. The minimum Gasteiger partial charge on any atom is -0.359 e. The van der Waals surface area contributed by atoms with Gasteiger partial charge in [-0.1, -0.05) is 11.2 Å². The van der Waals surface area contributed by atoms with Gasteiger partial charge in [0.25, 0.3) is 0 Å². The van der Waals surface area contributed by atoms with Crippen molar-refractivity contribution < 1.29 is 5.95 Å². The van der Waals surface area contributed by atoms with Crippen LogP contribution >= 0.6 is 0 Å². The van der Waals surface area contributed by atoms with Crippen molar-refractivity contribution in [3.05, 3.63) is 36.2 Å². The molecule has 4 heteroatoms. The number of nitrogens with zero attached hydrogens (tertiary/aromatic N) is 2. The highest BCUT2D eigenvalue weighted by molar-refractivity contribution is 5.52. The van der Waals surface area contributed by atoms with Gasteiger partial charge in [0, 0.05) is 13.7 Å². The van der Waals surface area contributed by atoms with Crippen molar-refractivity contribution in [1.29, 1.82) is 0 Å². The molecule has 0 saturated heterocycles. The van der Waals surface area contributed by atoms with Gasteiger partial charge < -0.3 is 9.84 Å². The number of pyridine rings is 1. The number of aromatic nitrogens is 2. The summed E-state index contributed by atoms with van der Waals surface area (Å²) in [5, 5.41) is 6.92. The smallest absolute Gasteiger partial charge is 0.151 e. The Hall–Kier alpha value is -1.68. The lowest BCUT2D eigenvalue weighted by molar-refractivity contribution is 0.379. The zero-order valence-electron chi connectivity index (χ0n) is 7.90. The first-order valence-corrected chi connectivity index (χ1v) is 4.42. The first kappa shape index (κ1) is 8.90. The lowest BCUT2D eigenvalue weighted by Gasteiger charge is -1.90. The lowest BCUT2D eigenvalue weighted by atomic mass is 10.2. The van der Waals surface area contributed by atoms with Crippen LogP contribution in [0.1, 0.15) is 7.19 Å². The van der Waals surface area contributed by atoms with E-state index < -0.39 is 0 Å². The summed E-state index contributed by atoms with van der Waals surface area (Å²) in [5.41, 5.74) is 1.61. The summed E-state index contributed by atoms with van der Waals surface area (Å²) in [6.07, 6.45) is 1.74. The zero-order valence-corrected chi connectivity index (χ0v) is 7.90. The summed E-state index contributed by atoms with van der Waals surface area (Å²) >= 11 is 0. The van der Waals surface area contributed by atoms with Gasteiger partial charge in [-0.15, -0.1) is 0 Å². The summed E-state index contributed by atoms with van der Waals surface area (Å²) in [5.74, 6) is 0.813. The second kappa shape index (κ2) is 4.02. The summed E-state index contributed by atoms with van der Waals surface area (Å²) in [6.45, 7) is 0.680. The molecule has 0 aliphatic rings. The Morgan fingerprint density at radius 1 is 1.43 bits per heavy atom. The molecule has 0 aliphatic heterocycles. The minimum absolute atomic E-state index is 0. The fourth-order valence-corrected chi connectivity index (χ4v) is 1.21. The molecule has 74 valence electrons. The summed E-state index contributed by atoms with van der Waals surface area (Å²) in [7, 11) is 1.86. The molecule has 0 radical (unpaired) electrons. The van der Waals surface area contributed by atoms with Crippen LogP contribution < -0.4 is 5.32 Å². The van der Waals surface area contributed by atoms with Crippen molar-refractivity contribution in [1.82, 2.24) is 15.5 Å². The van der Waals surface area contributed by atoms with E-state index in [1.807, 2.05) is 31.3 Å². The van der Waals surface area contributed by atoms with E-state index in [1.54, 1.807) is 6.20 Å². The van der Waals surface area contributed by atoms with E-state index in [0.717, 1.165) is 17.1 Å². The summed E-state index contributed by atoms with van der Waals surface area (Å²) < 4.78 is 5.11. The molecular formula is C10H13N3O. The molecule has 0 fully saturated rings. The molecule has 14 heavy (non-hydrogen) atoms. The third-order valence-corrected chi connectivity index (χ3v) is 1.84. The van der Waals surface area contributed by atoms with Gasteiger partial charge in [-0.2, -0.15) is 0 Å². The SMILES string of the molecule is CNCc1cc(-c2ccccn2)no1.[HH]. The van der Waals surface area contributed by atoms with E-state index in [4.69, 9.17) is 4.52 Å². The molecule has 0 bridgehead atoms. The number of rotatable bonds is 3. The van der Waals surface area contributed by atoms with Crippen LogP contribution in [-0.2, 0) is 6.54 Å². The van der Waals surface area contributed by atoms with Gasteiger partial charge in [0.2, 0.25) is 0 Å². The van der Waals surface area contributed by atoms with E-state index in [2.05, 4.69) is 15.5 Å². The van der Waals surface area contributed by atoms with Crippen LogP contribution in [0, 0.1) is 0 Å². The lowest BCUT2D eigenvalue weighted by Crippen LogP contribution is -2.03. The molecule has 0 aromatic carbocycles. The van der Waals surface area contributed by atoms with Crippen molar-refractivity contribution in [3.63, 3.8) is 0 Å². The van der Waals surface area contributed by atoms with E-state index >= 15 is 0 Å². The van der Waals surface area contributed by atoms with Crippen molar-refractivity contribution in [2.45, 2.75) is 6.54 Å². The van der Waals surface area contributed by atoms with Crippen LogP contribution in [0.15, 0.2) is 35.0 Å². The van der Waals surface area contributed by atoms with E-state index in [1.165, 1.54) is 0 Å². The molecule has 2 aromatic rings. The first-order chi connectivity index (χ1) is 6.90. The van der Waals surface area contributed by atoms with Gasteiger partial charge in [0.05, 0.1) is 12.2 Å². The average molecular weight is 191 g/mol. The molecule has 0 saturated carbocycles. The predicted molar refractivity (Wildman–Crippen MR) is 54.6 cm³/mol. The number of hydrogen-bond donors (Lipinski definition) is 1.